The van der Waals surface area contributed by atoms with Crippen LogP contribution in [0.15, 0.2) is 24.3 Å². The van der Waals surface area contributed by atoms with E-state index >= 15 is 0 Å². The van der Waals surface area contributed by atoms with Crippen LogP contribution in [0, 0.1) is 6.92 Å². The summed E-state index contributed by atoms with van der Waals surface area (Å²) in [7, 11) is 0. The molecule has 76 valence electrons. The third-order valence-corrected chi connectivity index (χ3v) is 2.47. The van der Waals surface area contributed by atoms with Gasteiger partial charge >= 0.3 is 0 Å². The number of benzene rings is 1. The molecule has 0 atom stereocenters. The molecule has 2 N–H and O–H groups in total. The van der Waals surface area contributed by atoms with Crippen LogP contribution in [0.25, 0.3) is 10.9 Å². The third-order valence-electron chi connectivity index (χ3n) is 2.23. The number of aryl methyl sites for hydroxylation is 1. The molecule has 1 aromatic carbocycles. The highest BCUT2D eigenvalue weighted by Crippen LogP contribution is 2.21. The number of hydrogen-bond donors (Lipinski definition) is 1. The standard InChI is InChI=1S/C11H9ClN2O/c1-6-4-10(11(13)15)14-9-3-2-7(12)5-8(6)9/h2-5H,1H3,(H2,13,15). The first-order valence-electron chi connectivity index (χ1n) is 4.44. The quantitative estimate of drug-likeness (QED) is 0.802. The van der Waals surface area contributed by atoms with Crippen LogP contribution in [0.3, 0.4) is 0 Å². The Hall–Kier alpha value is -1.61. The zero-order valence-electron chi connectivity index (χ0n) is 8.12. The number of hydrogen-bond acceptors (Lipinski definition) is 2. The lowest BCUT2D eigenvalue weighted by molar-refractivity contribution is 0.0996. The Morgan fingerprint density at radius 2 is 2.13 bits per heavy atom. The highest BCUT2D eigenvalue weighted by molar-refractivity contribution is 6.31. The first-order valence-corrected chi connectivity index (χ1v) is 4.82. The average Bonchev–Trinajstić information content (AvgIpc) is 2.18. The van der Waals surface area contributed by atoms with Gasteiger partial charge < -0.3 is 5.73 Å². The van der Waals surface area contributed by atoms with E-state index in [0.717, 1.165) is 16.5 Å². The van der Waals surface area contributed by atoms with E-state index in [2.05, 4.69) is 4.98 Å². The Morgan fingerprint density at radius 1 is 1.40 bits per heavy atom. The second-order valence-corrected chi connectivity index (χ2v) is 3.79. The van der Waals surface area contributed by atoms with Crippen molar-refractivity contribution in [1.29, 1.82) is 0 Å². The maximum absolute atomic E-state index is 11.0. The molecule has 1 aromatic heterocycles. The summed E-state index contributed by atoms with van der Waals surface area (Å²) >= 11 is 5.87. The number of primary amides is 1. The van der Waals surface area contributed by atoms with Gasteiger partial charge in [-0.15, -0.1) is 0 Å². The zero-order valence-corrected chi connectivity index (χ0v) is 8.88. The maximum atomic E-state index is 11.0. The van der Waals surface area contributed by atoms with Gasteiger partial charge in [0.1, 0.15) is 5.69 Å². The highest BCUT2D eigenvalue weighted by atomic mass is 35.5. The van der Waals surface area contributed by atoms with E-state index < -0.39 is 5.91 Å². The Bertz CT molecular complexity index is 552. The Labute approximate surface area is 91.9 Å². The molecule has 0 saturated heterocycles. The van der Waals surface area contributed by atoms with E-state index in [0.29, 0.717) is 5.02 Å². The van der Waals surface area contributed by atoms with E-state index in [-0.39, 0.29) is 5.69 Å². The largest absolute Gasteiger partial charge is 0.364 e. The molecule has 0 fully saturated rings. The van der Waals surface area contributed by atoms with Crippen molar-refractivity contribution in [3.8, 4) is 0 Å². The molecular weight excluding hydrogens is 212 g/mol. The monoisotopic (exact) mass is 220 g/mol. The van der Waals surface area contributed by atoms with Gasteiger partial charge in [0, 0.05) is 10.4 Å². The van der Waals surface area contributed by atoms with Crippen LogP contribution in [0.2, 0.25) is 5.02 Å². The van der Waals surface area contributed by atoms with E-state index in [1.54, 1.807) is 18.2 Å². The number of carbonyl (C=O) groups excluding carboxylic acids is 1. The third kappa shape index (κ3) is 1.78. The molecule has 0 aliphatic heterocycles. The molecule has 1 amide bonds. The van der Waals surface area contributed by atoms with Crippen molar-refractivity contribution >= 4 is 28.4 Å². The molecule has 0 spiro atoms. The average molecular weight is 221 g/mol. The van der Waals surface area contributed by atoms with Gasteiger partial charge in [-0.05, 0) is 36.8 Å². The number of halogens is 1. The minimum Gasteiger partial charge on any atom is -0.364 e. The van der Waals surface area contributed by atoms with Crippen LogP contribution in [-0.2, 0) is 0 Å². The SMILES string of the molecule is Cc1cc(C(N)=O)nc2ccc(Cl)cc12. The first-order chi connectivity index (χ1) is 7.08. The minimum absolute atomic E-state index is 0.280. The number of nitrogens with two attached hydrogens (primary N) is 1. The van der Waals surface area contributed by atoms with Crippen molar-refractivity contribution in [1.82, 2.24) is 4.98 Å². The number of aromatic nitrogens is 1. The van der Waals surface area contributed by atoms with Crippen LogP contribution >= 0.6 is 11.6 Å². The van der Waals surface area contributed by atoms with Gasteiger partial charge in [-0.3, -0.25) is 4.79 Å². The molecule has 4 heteroatoms. The van der Waals surface area contributed by atoms with E-state index in [1.807, 2.05) is 13.0 Å². The van der Waals surface area contributed by atoms with E-state index in [9.17, 15) is 4.79 Å². The zero-order chi connectivity index (χ0) is 11.0. The molecular formula is C11H9ClN2O. The van der Waals surface area contributed by atoms with Crippen molar-refractivity contribution in [2.45, 2.75) is 6.92 Å². The highest BCUT2D eigenvalue weighted by Gasteiger charge is 2.06. The summed E-state index contributed by atoms with van der Waals surface area (Å²) in [5, 5.41) is 1.59. The minimum atomic E-state index is -0.519. The first kappa shape index (κ1) is 9.93. The summed E-state index contributed by atoms with van der Waals surface area (Å²) < 4.78 is 0. The van der Waals surface area contributed by atoms with Gasteiger partial charge in [-0.2, -0.15) is 0 Å². The number of rotatable bonds is 1. The number of pyridine rings is 1. The van der Waals surface area contributed by atoms with E-state index in [1.165, 1.54) is 0 Å². The van der Waals surface area contributed by atoms with Crippen LogP contribution in [0.4, 0.5) is 0 Å². The summed E-state index contributed by atoms with van der Waals surface area (Å²) in [6.45, 7) is 1.90. The molecule has 0 saturated carbocycles. The molecule has 0 radical (unpaired) electrons. The van der Waals surface area contributed by atoms with Gasteiger partial charge in [0.2, 0.25) is 0 Å². The van der Waals surface area contributed by atoms with Gasteiger partial charge in [-0.1, -0.05) is 11.6 Å². The molecule has 0 aliphatic rings. The van der Waals surface area contributed by atoms with Gasteiger partial charge in [0.05, 0.1) is 5.52 Å². The number of fused-ring (bicyclic) bond motifs is 1. The topological polar surface area (TPSA) is 56.0 Å². The molecule has 2 rings (SSSR count). The second kappa shape index (κ2) is 3.51. The lowest BCUT2D eigenvalue weighted by Crippen LogP contribution is -2.13. The number of amides is 1. The lowest BCUT2D eigenvalue weighted by atomic mass is 10.1. The predicted octanol–water partition coefficient (Wildman–Crippen LogP) is 2.30. The Morgan fingerprint density at radius 3 is 2.80 bits per heavy atom. The smallest absolute Gasteiger partial charge is 0.267 e. The predicted molar refractivity (Wildman–Crippen MR) is 60.0 cm³/mol. The fourth-order valence-electron chi connectivity index (χ4n) is 1.49. The fourth-order valence-corrected chi connectivity index (χ4v) is 1.66. The summed E-state index contributed by atoms with van der Waals surface area (Å²) in [5.41, 5.74) is 7.13. The van der Waals surface area contributed by atoms with Crippen molar-refractivity contribution < 1.29 is 4.79 Å². The fraction of sp³-hybridized carbons (Fsp3) is 0.0909. The summed E-state index contributed by atoms with van der Waals surface area (Å²) in [6.07, 6.45) is 0. The summed E-state index contributed by atoms with van der Waals surface area (Å²) in [6, 6.07) is 7.00. The van der Waals surface area contributed by atoms with Crippen molar-refractivity contribution in [3.05, 3.63) is 40.5 Å². The molecule has 15 heavy (non-hydrogen) atoms. The molecule has 3 nitrogen and oxygen atoms in total. The molecule has 0 unspecified atom stereocenters. The number of carbonyl (C=O) groups is 1. The molecule has 1 heterocycles. The van der Waals surface area contributed by atoms with Gasteiger partial charge in [-0.25, -0.2) is 4.98 Å². The molecule has 0 bridgehead atoms. The van der Waals surface area contributed by atoms with Gasteiger partial charge in [0.25, 0.3) is 5.91 Å². The van der Waals surface area contributed by atoms with Crippen LogP contribution in [0.5, 0.6) is 0 Å². The molecule has 0 aliphatic carbocycles. The lowest BCUT2D eigenvalue weighted by Gasteiger charge is -2.04. The van der Waals surface area contributed by atoms with Crippen molar-refractivity contribution in [3.63, 3.8) is 0 Å². The van der Waals surface area contributed by atoms with Gasteiger partial charge in [0.15, 0.2) is 0 Å². The van der Waals surface area contributed by atoms with Crippen molar-refractivity contribution in [2.24, 2.45) is 5.73 Å². The normalized spacial score (nSPS) is 10.5. The molecule has 2 aromatic rings. The Balaban J connectivity index is 2.78. The van der Waals surface area contributed by atoms with Crippen molar-refractivity contribution in [2.75, 3.05) is 0 Å². The van der Waals surface area contributed by atoms with Crippen LogP contribution in [0.1, 0.15) is 16.1 Å². The number of nitrogens with zero attached hydrogens (tertiary/aromatic N) is 1. The summed E-state index contributed by atoms with van der Waals surface area (Å²) in [5.74, 6) is -0.519. The second-order valence-electron chi connectivity index (χ2n) is 3.35. The van der Waals surface area contributed by atoms with E-state index in [4.69, 9.17) is 17.3 Å². The summed E-state index contributed by atoms with van der Waals surface area (Å²) in [4.78, 5) is 15.1. The van der Waals surface area contributed by atoms with Crippen LogP contribution < -0.4 is 5.73 Å². The Kier molecular flexibility index (Phi) is 2.32. The maximum Gasteiger partial charge on any atom is 0.267 e. The van der Waals surface area contributed by atoms with Crippen LogP contribution in [-0.4, -0.2) is 10.9 Å².